The van der Waals surface area contributed by atoms with Gasteiger partial charge in [0.05, 0.1) is 18.6 Å². The number of hydrogen-bond donors (Lipinski definition) is 1. The van der Waals surface area contributed by atoms with Crippen LogP contribution >= 0.6 is 0 Å². The van der Waals surface area contributed by atoms with Crippen LogP contribution in [0.1, 0.15) is 47.6 Å². The Bertz CT molecular complexity index is 1180. The Morgan fingerprint density at radius 3 is 2.49 bits per heavy atom. The summed E-state index contributed by atoms with van der Waals surface area (Å²) in [5.41, 5.74) is 2.63. The number of carbonyl (C=O) groups is 3. The molecular formula is C31H38N4O4. The molecule has 39 heavy (non-hydrogen) atoms. The summed E-state index contributed by atoms with van der Waals surface area (Å²) in [5.74, 6) is 1.17. The molecule has 8 heteroatoms. The highest BCUT2D eigenvalue weighted by Gasteiger charge is 2.42. The highest BCUT2D eigenvalue weighted by Crippen LogP contribution is 2.33. The highest BCUT2D eigenvalue weighted by atomic mass is 16.5. The van der Waals surface area contributed by atoms with Crippen LogP contribution in [-0.2, 0) is 14.3 Å². The Hall–Kier alpha value is -3.23. The quantitative estimate of drug-likeness (QED) is 0.567. The van der Waals surface area contributed by atoms with Crippen molar-refractivity contribution in [1.82, 2.24) is 15.1 Å². The topological polar surface area (TPSA) is 82.2 Å². The minimum absolute atomic E-state index is 0.0208. The van der Waals surface area contributed by atoms with Gasteiger partial charge in [0.1, 0.15) is 0 Å². The summed E-state index contributed by atoms with van der Waals surface area (Å²) in [6.45, 7) is 6.30. The lowest BCUT2D eigenvalue weighted by Crippen LogP contribution is -2.37. The van der Waals surface area contributed by atoms with Crippen molar-refractivity contribution in [2.24, 2.45) is 17.8 Å². The number of amides is 3. The summed E-state index contributed by atoms with van der Waals surface area (Å²) in [4.78, 5) is 44.7. The number of likely N-dealkylation sites (tertiary alicyclic amines) is 2. The summed E-state index contributed by atoms with van der Waals surface area (Å²) >= 11 is 0. The Balaban J connectivity index is 1.03. The maximum absolute atomic E-state index is 13.4. The summed E-state index contributed by atoms with van der Waals surface area (Å²) in [5, 5.41) is 3.29. The molecule has 4 fully saturated rings. The van der Waals surface area contributed by atoms with Gasteiger partial charge in [-0.2, -0.15) is 0 Å². The number of rotatable bonds is 8. The van der Waals surface area contributed by atoms with E-state index in [1.54, 1.807) is 4.90 Å². The average Bonchev–Trinajstić information content (AvgIpc) is 3.76. The summed E-state index contributed by atoms with van der Waals surface area (Å²) < 4.78 is 5.42. The van der Waals surface area contributed by atoms with Gasteiger partial charge in [-0.25, -0.2) is 0 Å². The van der Waals surface area contributed by atoms with E-state index in [9.17, 15) is 14.4 Å². The lowest BCUT2D eigenvalue weighted by molar-refractivity contribution is -0.125. The van der Waals surface area contributed by atoms with Gasteiger partial charge in [0.25, 0.3) is 5.91 Å². The number of benzene rings is 2. The Morgan fingerprint density at radius 1 is 1.00 bits per heavy atom. The molecule has 3 amide bonds. The van der Waals surface area contributed by atoms with Crippen molar-refractivity contribution in [1.29, 1.82) is 0 Å². The standard InChI is InChI=1S/C31H38N4O4/c36-29-10-5-13-35(29)27-9-4-8-23(16-27)31(38)34-19-25-17-33(18-26(25)20-34)14-11-28(22-6-2-1-3-7-22)32-30(37)24-12-15-39-21-24/h1-4,6-9,16,24-26,28H,5,10-15,17-21H2,(H,32,37)/t24?,25?,26?,28-/m0/s1. The van der Waals surface area contributed by atoms with Gasteiger partial charge in [-0.3, -0.25) is 14.4 Å². The van der Waals surface area contributed by atoms with Crippen molar-refractivity contribution in [3.05, 3.63) is 65.7 Å². The number of carbonyl (C=O) groups excluding carboxylic acids is 3. The van der Waals surface area contributed by atoms with Gasteiger partial charge in [0.2, 0.25) is 11.8 Å². The molecule has 4 atom stereocenters. The second-order valence-corrected chi connectivity index (χ2v) is 11.5. The van der Waals surface area contributed by atoms with Crippen LogP contribution in [0.25, 0.3) is 0 Å². The molecule has 8 nitrogen and oxygen atoms in total. The smallest absolute Gasteiger partial charge is 0.253 e. The van der Waals surface area contributed by atoms with Crippen molar-refractivity contribution in [2.75, 3.05) is 57.4 Å². The van der Waals surface area contributed by atoms with Gasteiger partial charge < -0.3 is 24.8 Å². The molecule has 4 heterocycles. The van der Waals surface area contributed by atoms with E-state index in [2.05, 4.69) is 22.3 Å². The minimum Gasteiger partial charge on any atom is -0.381 e. The second-order valence-electron chi connectivity index (χ2n) is 11.5. The predicted molar refractivity (Wildman–Crippen MR) is 148 cm³/mol. The zero-order valence-electron chi connectivity index (χ0n) is 22.5. The van der Waals surface area contributed by atoms with Gasteiger partial charge in [0.15, 0.2) is 0 Å². The Kier molecular flexibility index (Phi) is 7.66. The second kappa shape index (κ2) is 11.5. The van der Waals surface area contributed by atoms with Crippen LogP contribution in [0.4, 0.5) is 5.69 Å². The summed E-state index contributed by atoms with van der Waals surface area (Å²) in [6.07, 6.45) is 3.10. The van der Waals surface area contributed by atoms with Crippen molar-refractivity contribution in [3.63, 3.8) is 0 Å². The number of hydrogen-bond acceptors (Lipinski definition) is 5. The number of fused-ring (bicyclic) bond motifs is 1. The van der Waals surface area contributed by atoms with Gasteiger partial charge in [-0.05, 0) is 54.9 Å². The van der Waals surface area contributed by atoms with Crippen LogP contribution in [0.15, 0.2) is 54.6 Å². The van der Waals surface area contributed by atoms with Crippen molar-refractivity contribution in [2.45, 2.75) is 31.7 Å². The van der Waals surface area contributed by atoms with Crippen LogP contribution in [0, 0.1) is 17.8 Å². The first-order valence-electron chi connectivity index (χ1n) is 14.4. The first kappa shape index (κ1) is 26.0. The fourth-order valence-corrected chi connectivity index (χ4v) is 6.70. The molecule has 4 saturated heterocycles. The van der Waals surface area contributed by atoms with E-state index >= 15 is 0 Å². The molecule has 0 aromatic heterocycles. The van der Waals surface area contributed by atoms with Gasteiger partial charge in [-0.15, -0.1) is 0 Å². The average molecular weight is 531 g/mol. The third kappa shape index (κ3) is 5.72. The van der Waals surface area contributed by atoms with Crippen LogP contribution < -0.4 is 10.2 Å². The lowest BCUT2D eigenvalue weighted by Gasteiger charge is -2.25. The van der Waals surface area contributed by atoms with Crippen LogP contribution in [0.5, 0.6) is 0 Å². The number of ether oxygens (including phenoxy) is 1. The van der Waals surface area contributed by atoms with E-state index < -0.39 is 0 Å². The lowest BCUT2D eigenvalue weighted by atomic mass is 10.0. The third-order valence-electron chi connectivity index (χ3n) is 8.88. The molecule has 0 radical (unpaired) electrons. The number of nitrogens with one attached hydrogen (secondary N) is 1. The number of anilines is 1. The molecule has 4 aliphatic heterocycles. The molecule has 6 rings (SSSR count). The van der Waals surface area contributed by atoms with Crippen molar-refractivity contribution >= 4 is 23.4 Å². The van der Waals surface area contributed by atoms with E-state index in [0.29, 0.717) is 37.0 Å². The maximum atomic E-state index is 13.4. The van der Waals surface area contributed by atoms with Gasteiger partial charge in [-0.1, -0.05) is 36.4 Å². The first-order chi connectivity index (χ1) is 19.0. The van der Waals surface area contributed by atoms with Crippen LogP contribution in [-0.4, -0.2) is 80.0 Å². The molecule has 0 spiro atoms. The molecule has 3 unspecified atom stereocenters. The SMILES string of the molecule is O=C(N[C@@H](CCN1CC2CN(C(=O)c3cccc(N4CCCC4=O)c3)CC2C1)c1ccccc1)C1CCOC1. The maximum Gasteiger partial charge on any atom is 0.253 e. The van der Waals surface area contributed by atoms with Gasteiger partial charge in [0, 0.05) is 63.5 Å². The van der Waals surface area contributed by atoms with Crippen molar-refractivity contribution in [3.8, 4) is 0 Å². The Labute approximate surface area is 230 Å². The largest absolute Gasteiger partial charge is 0.381 e. The van der Waals surface area contributed by atoms with Gasteiger partial charge >= 0.3 is 0 Å². The molecule has 1 N–H and O–H groups in total. The van der Waals surface area contributed by atoms with E-state index in [1.165, 1.54) is 0 Å². The molecule has 0 bridgehead atoms. The fraction of sp³-hybridized carbons (Fsp3) is 0.516. The van der Waals surface area contributed by atoms with Crippen LogP contribution in [0.3, 0.4) is 0 Å². The molecule has 206 valence electrons. The molecule has 2 aromatic rings. The van der Waals surface area contributed by atoms with E-state index in [1.807, 2.05) is 47.4 Å². The third-order valence-corrected chi connectivity index (χ3v) is 8.88. The molecular weight excluding hydrogens is 492 g/mol. The van der Waals surface area contributed by atoms with E-state index in [-0.39, 0.29) is 29.7 Å². The fourth-order valence-electron chi connectivity index (χ4n) is 6.70. The molecule has 0 saturated carbocycles. The molecule has 4 aliphatic rings. The Morgan fingerprint density at radius 2 is 1.79 bits per heavy atom. The zero-order chi connectivity index (χ0) is 26.8. The first-order valence-corrected chi connectivity index (χ1v) is 14.4. The molecule has 0 aliphatic carbocycles. The van der Waals surface area contributed by atoms with E-state index in [0.717, 1.165) is 69.8 Å². The number of nitrogens with zero attached hydrogens (tertiary/aromatic N) is 3. The zero-order valence-corrected chi connectivity index (χ0v) is 22.5. The summed E-state index contributed by atoms with van der Waals surface area (Å²) in [6, 6.07) is 17.8. The van der Waals surface area contributed by atoms with E-state index in [4.69, 9.17) is 4.74 Å². The molecule has 2 aromatic carbocycles. The monoisotopic (exact) mass is 530 g/mol. The van der Waals surface area contributed by atoms with Crippen molar-refractivity contribution < 1.29 is 19.1 Å². The minimum atomic E-state index is -0.0533. The predicted octanol–water partition coefficient (Wildman–Crippen LogP) is 3.10. The highest BCUT2D eigenvalue weighted by molar-refractivity contribution is 5.99. The van der Waals surface area contributed by atoms with Crippen LogP contribution in [0.2, 0.25) is 0 Å². The normalized spacial score (nSPS) is 25.7. The summed E-state index contributed by atoms with van der Waals surface area (Å²) in [7, 11) is 0.